The summed E-state index contributed by atoms with van der Waals surface area (Å²) in [6, 6.07) is 4.15. The van der Waals surface area contributed by atoms with Crippen LogP contribution < -0.4 is 10.3 Å². The lowest BCUT2D eigenvalue weighted by Gasteiger charge is -2.23. The number of halogens is 7. The number of nitrogens with zero attached hydrogens (tertiary/aromatic N) is 1. The van der Waals surface area contributed by atoms with Crippen molar-refractivity contribution >= 4 is 32.0 Å². The summed E-state index contributed by atoms with van der Waals surface area (Å²) in [5.74, 6) is 0. The van der Waals surface area contributed by atoms with Crippen molar-refractivity contribution in [3.05, 3.63) is 28.7 Å². The van der Waals surface area contributed by atoms with Gasteiger partial charge in [-0.2, -0.15) is 26.3 Å². The summed E-state index contributed by atoms with van der Waals surface area (Å²) >= 11 is 3.12. The average Bonchev–Trinajstić information content (AvgIpc) is 2.57. The number of hydrogen-bond donors (Lipinski definition) is 2. The molecule has 0 atom stereocenters. The number of carbonyl (C=O) groups excluding carboxylic acids is 1. The highest BCUT2D eigenvalue weighted by molar-refractivity contribution is 9.10. The Hall–Kier alpha value is -1.54. The fraction of sp³-hybridized carbons (Fsp3) is 0.533. The molecule has 1 aromatic rings. The number of hydrazine groups is 1. The van der Waals surface area contributed by atoms with Crippen LogP contribution in [0.15, 0.2) is 33.6 Å². The van der Waals surface area contributed by atoms with E-state index in [-0.39, 0.29) is 4.90 Å². The van der Waals surface area contributed by atoms with Gasteiger partial charge in [0.15, 0.2) is 0 Å². The van der Waals surface area contributed by atoms with Crippen LogP contribution in [0.1, 0.15) is 25.7 Å². The van der Waals surface area contributed by atoms with E-state index in [1.54, 1.807) is 10.3 Å². The van der Waals surface area contributed by atoms with Gasteiger partial charge >= 0.3 is 18.4 Å². The maximum atomic E-state index is 12.3. The fourth-order valence-corrected chi connectivity index (χ4v) is 3.22. The minimum Gasteiger partial charge on any atom is -0.324 e. The Bertz CT molecular complexity index is 749. The molecule has 0 unspecified atom stereocenters. The molecule has 0 spiro atoms. The third-order valence-electron chi connectivity index (χ3n) is 3.48. The number of alkyl halides is 6. The Kier molecular flexibility index (Phi) is 9.21. The molecule has 0 saturated heterocycles. The topological polar surface area (TPSA) is 78.5 Å². The molecule has 2 amide bonds. The quantitative estimate of drug-likeness (QED) is 0.381. The largest absolute Gasteiger partial charge is 0.389 e. The Labute approximate surface area is 171 Å². The van der Waals surface area contributed by atoms with Gasteiger partial charge in [0, 0.05) is 30.4 Å². The van der Waals surface area contributed by atoms with Gasteiger partial charge in [-0.05, 0) is 37.1 Å². The first kappa shape index (κ1) is 25.5. The first-order chi connectivity index (χ1) is 13.2. The van der Waals surface area contributed by atoms with Gasteiger partial charge in [-0.25, -0.2) is 13.2 Å². The van der Waals surface area contributed by atoms with Crippen LogP contribution >= 0.6 is 15.9 Å². The summed E-state index contributed by atoms with van der Waals surface area (Å²) in [5, 5.41) is 0. The minimum atomic E-state index is -4.49. The number of hydrogen-bond acceptors (Lipinski definition) is 3. The van der Waals surface area contributed by atoms with Crippen LogP contribution in [-0.4, -0.2) is 44.8 Å². The molecule has 2 N–H and O–H groups in total. The van der Waals surface area contributed by atoms with E-state index in [4.69, 9.17) is 0 Å². The summed E-state index contributed by atoms with van der Waals surface area (Å²) in [5.41, 5.74) is 1.81. The van der Waals surface area contributed by atoms with Crippen LogP contribution in [0.2, 0.25) is 0 Å². The van der Waals surface area contributed by atoms with Crippen LogP contribution in [-0.2, 0) is 10.0 Å². The Morgan fingerprint density at radius 1 is 0.931 bits per heavy atom. The number of nitrogens with one attached hydrogen (secondary N) is 2. The van der Waals surface area contributed by atoms with Crippen molar-refractivity contribution in [2.24, 2.45) is 0 Å². The highest BCUT2D eigenvalue weighted by atomic mass is 79.9. The smallest absolute Gasteiger partial charge is 0.324 e. The lowest BCUT2D eigenvalue weighted by Crippen LogP contribution is -2.49. The Balaban J connectivity index is 2.71. The van der Waals surface area contributed by atoms with Crippen LogP contribution in [0.3, 0.4) is 0 Å². The average molecular weight is 514 g/mol. The zero-order valence-corrected chi connectivity index (χ0v) is 17.2. The van der Waals surface area contributed by atoms with E-state index in [1.165, 1.54) is 24.3 Å². The summed E-state index contributed by atoms with van der Waals surface area (Å²) < 4.78 is 98.4. The summed E-state index contributed by atoms with van der Waals surface area (Å²) in [6.07, 6.45) is -12.5. The normalized spacial score (nSPS) is 12.7. The molecule has 0 aliphatic heterocycles. The van der Waals surface area contributed by atoms with Gasteiger partial charge in [-0.1, -0.05) is 15.9 Å². The highest BCUT2D eigenvalue weighted by Gasteiger charge is 2.29. The Morgan fingerprint density at radius 3 is 1.79 bits per heavy atom. The molecule has 0 saturated carbocycles. The molecule has 29 heavy (non-hydrogen) atoms. The number of sulfonamides is 1. The number of amides is 2. The molecule has 6 nitrogen and oxygen atoms in total. The predicted molar refractivity (Wildman–Crippen MR) is 95.1 cm³/mol. The zero-order valence-electron chi connectivity index (χ0n) is 14.8. The molecule has 0 fully saturated rings. The van der Waals surface area contributed by atoms with Crippen molar-refractivity contribution in [1.82, 2.24) is 15.2 Å². The van der Waals surface area contributed by atoms with E-state index in [0.29, 0.717) is 9.37 Å². The van der Waals surface area contributed by atoms with Gasteiger partial charge in [0.2, 0.25) is 0 Å². The van der Waals surface area contributed by atoms with Gasteiger partial charge in [0.25, 0.3) is 10.0 Å². The number of rotatable bonds is 9. The third kappa shape index (κ3) is 10.7. The van der Waals surface area contributed by atoms with Crippen molar-refractivity contribution in [2.45, 2.75) is 42.9 Å². The van der Waals surface area contributed by atoms with Crippen LogP contribution in [0.25, 0.3) is 0 Å². The fourth-order valence-electron chi connectivity index (χ4n) is 2.12. The molecule has 0 aromatic heterocycles. The van der Waals surface area contributed by atoms with Gasteiger partial charge < -0.3 is 4.90 Å². The van der Waals surface area contributed by atoms with Gasteiger partial charge in [-0.3, -0.25) is 5.43 Å². The molecule has 0 radical (unpaired) electrons. The van der Waals surface area contributed by atoms with Gasteiger partial charge in [0.05, 0.1) is 4.90 Å². The predicted octanol–water partition coefficient (Wildman–Crippen LogP) is 4.34. The molecule has 1 aromatic carbocycles. The van der Waals surface area contributed by atoms with Crippen molar-refractivity contribution in [3.8, 4) is 0 Å². The van der Waals surface area contributed by atoms with Crippen molar-refractivity contribution in [1.29, 1.82) is 0 Å². The lowest BCUT2D eigenvalue weighted by molar-refractivity contribution is -0.136. The van der Waals surface area contributed by atoms with E-state index in [0.717, 1.165) is 0 Å². The molecule has 166 valence electrons. The molecule has 0 aliphatic rings. The first-order valence-corrected chi connectivity index (χ1v) is 10.4. The molecule has 1 rings (SSSR count). The maximum absolute atomic E-state index is 12.3. The van der Waals surface area contributed by atoms with Gasteiger partial charge in [0.1, 0.15) is 0 Å². The minimum absolute atomic E-state index is 0.207. The van der Waals surface area contributed by atoms with E-state index in [1.807, 2.05) is 0 Å². The SMILES string of the molecule is O=C(NNS(=O)(=O)c1ccc(Br)cc1)N(CCCC(F)(F)F)CCCC(F)(F)F. The molecule has 0 aliphatic carbocycles. The van der Waals surface area contributed by atoms with Crippen molar-refractivity contribution in [3.63, 3.8) is 0 Å². The summed E-state index contributed by atoms with van der Waals surface area (Å²) in [7, 11) is -4.18. The third-order valence-corrected chi connectivity index (χ3v) is 5.27. The second-order valence-electron chi connectivity index (χ2n) is 5.91. The van der Waals surface area contributed by atoms with E-state index in [2.05, 4.69) is 15.9 Å². The number of benzene rings is 1. The number of urea groups is 1. The Morgan fingerprint density at radius 2 is 1.38 bits per heavy atom. The van der Waals surface area contributed by atoms with Crippen molar-refractivity contribution in [2.75, 3.05) is 13.1 Å². The van der Waals surface area contributed by atoms with Crippen LogP contribution in [0.4, 0.5) is 31.1 Å². The highest BCUT2D eigenvalue weighted by Crippen LogP contribution is 2.23. The maximum Gasteiger partial charge on any atom is 0.389 e. The zero-order chi connectivity index (χ0) is 22.3. The molecular formula is C15H18BrF6N3O3S. The molecular weight excluding hydrogens is 496 g/mol. The van der Waals surface area contributed by atoms with Crippen LogP contribution in [0, 0.1) is 0 Å². The molecule has 0 bridgehead atoms. The van der Waals surface area contributed by atoms with Crippen LogP contribution in [0.5, 0.6) is 0 Å². The molecule has 0 heterocycles. The second-order valence-corrected chi connectivity index (χ2v) is 8.51. The van der Waals surface area contributed by atoms with Gasteiger partial charge in [-0.15, -0.1) is 4.83 Å². The van der Waals surface area contributed by atoms with E-state index in [9.17, 15) is 39.6 Å². The lowest BCUT2D eigenvalue weighted by atomic mass is 10.2. The summed E-state index contributed by atoms with van der Waals surface area (Å²) in [4.78, 5) is 14.4. The van der Waals surface area contributed by atoms with E-state index >= 15 is 0 Å². The van der Waals surface area contributed by atoms with E-state index < -0.39 is 67.2 Å². The monoisotopic (exact) mass is 513 g/mol. The molecule has 14 heteroatoms. The number of carbonyl (C=O) groups is 1. The summed E-state index contributed by atoms with van der Waals surface area (Å²) in [6.45, 7) is -0.994. The van der Waals surface area contributed by atoms with Crippen molar-refractivity contribution < 1.29 is 39.6 Å². The first-order valence-electron chi connectivity index (χ1n) is 8.15. The standard InChI is InChI=1S/C15H18BrF6N3O3S/c16-11-3-5-12(6-4-11)29(27,28)24-23-13(26)25(9-1-7-14(17,18)19)10-2-8-15(20,21)22/h3-6,24H,1-2,7-10H2,(H,23,26). The second kappa shape index (κ2) is 10.5.